The average molecular weight is 145 g/mol. The number of carbonyl (C=O) groups is 1. The van der Waals surface area contributed by atoms with Crippen molar-refractivity contribution in [1.29, 1.82) is 0 Å². The van der Waals surface area contributed by atoms with Gasteiger partial charge in [0.2, 0.25) is 0 Å². The summed E-state index contributed by atoms with van der Waals surface area (Å²) in [6, 6.07) is 1.24. The van der Waals surface area contributed by atoms with Crippen LogP contribution >= 0.6 is 0 Å². The number of anilines is 1. The van der Waals surface area contributed by atoms with Crippen molar-refractivity contribution in [2.24, 2.45) is 0 Å². The number of nitrogens with one attached hydrogen (secondary N) is 2. The second-order valence-corrected chi connectivity index (χ2v) is 1.59. The van der Waals surface area contributed by atoms with E-state index in [1.807, 2.05) is 0 Å². The van der Waals surface area contributed by atoms with Crippen molar-refractivity contribution in [3.8, 4) is 0 Å². The van der Waals surface area contributed by atoms with Gasteiger partial charge in [-0.3, -0.25) is 5.32 Å². The molecule has 0 aliphatic carbocycles. The minimum Gasteiger partial charge on any atom is -0.363 e. The average Bonchev–Trinajstić information content (AvgIpc) is 2.40. The molecule has 0 bridgehead atoms. The highest BCUT2D eigenvalue weighted by atomic mass is 16.5. The summed E-state index contributed by atoms with van der Waals surface area (Å²) < 4.78 is 4.47. The fraction of sp³-hybridized carbons (Fsp3) is 0.200. The second kappa shape index (κ2) is 2.86. The van der Waals surface area contributed by atoms with E-state index in [0.717, 1.165) is 0 Å². The van der Waals surface area contributed by atoms with Gasteiger partial charge in [0.05, 0.1) is 0 Å². The number of hydrogen-bond acceptors (Lipinski definition) is 3. The van der Waals surface area contributed by atoms with E-state index in [9.17, 15) is 4.79 Å². The zero-order valence-corrected chi connectivity index (χ0v) is 5.42. The van der Waals surface area contributed by atoms with Crippen LogP contribution in [-0.2, 0) is 0 Å². The molecule has 58 valence electrons. The van der Waals surface area contributed by atoms with E-state index in [1.165, 1.54) is 13.3 Å². The summed E-state index contributed by atoms with van der Waals surface area (Å²) in [6.07, 6.45) is 1.38. The van der Waals surface area contributed by atoms with Crippen LogP contribution in [-0.4, -0.2) is 18.2 Å². The highest BCUT2D eigenvalue weighted by Gasteiger charge is 1.98. The van der Waals surface area contributed by atoms with Gasteiger partial charge >= 0.3 is 6.03 Å². The first-order valence-electron chi connectivity index (χ1n) is 2.72. The van der Waals surface area contributed by atoms with Gasteiger partial charge < -0.3 is 9.84 Å². The van der Waals surface area contributed by atoms with Crippen molar-refractivity contribution in [3.63, 3.8) is 0 Å². The minimum atomic E-state index is -0.311. The lowest BCUT2D eigenvalue weighted by Crippen LogP contribution is -2.24. The highest BCUT2D eigenvalue weighted by molar-refractivity contribution is 5.87. The van der Waals surface area contributed by atoms with Gasteiger partial charge in [-0.1, -0.05) is 5.16 Å². The third kappa shape index (κ3) is 1.48. The second-order valence-electron chi connectivity index (χ2n) is 1.59. The van der Waals surface area contributed by atoms with Gasteiger partial charge in [-0.2, -0.15) is 0 Å². The molecule has 1 heterocycles. The summed E-state index contributed by atoms with van der Waals surface area (Å²) in [5.74, 6) is 0.402. The molecule has 2 amide bonds. The Hall–Kier alpha value is -1.52. The van der Waals surface area contributed by atoms with Gasteiger partial charge in [-0.05, 0) is 0 Å². The number of urea groups is 1. The standard InChI is InChI=1S/C5H7N3O2.2H2/c1-6-5(9)7-4-2-3-10-8-4;;/h2-3H,1H3,(H2,6,7,8,9);2*1H. The molecule has 0 radical (unpaired) electrons. The summed E-state index contributed by atoms with van der Waals surface area (Å²) in [6.45, 7) is 0. The number of nitrogens with zero attached hydrogens (tertiary/aromatic N) is 1. The first kappa shape index (κ1) is 6.60. The summed E-state index contributed by atoms with van der Waals surface area (Å²) >= 11 is 0. The van der Waals surface area contributed by atoms with E-state index in [1.54, 1.807) is 6.07 Å². The number of amides is 2. The van der Waals surface area contributed by atoms with Crippen LogP contribution in [0.5, 0.6) is 0 Å². The molecule has 0 aliphatic heterocycles. The van der Waals surface area contributed by atoms with Crippen LogP contribution in [0.25, 0.3) is 0 Å². The summed E-state index contributed by atoms with van der Waals surface area (Å²) in [5.41, 5.74) is 0. The molecular weight excluding hydrogens is 134 g/mol. The van der Waals surface area contributed by atoms with Crippen molar-refractivity contribution in [2.45, 2.75) is 0 Å². The van der Waals surface area contributed by atoms with Crippen molar-refractivity contribution in [2.75, 3.05) is 12.4 Å². The van der Waals surface area contributed by atoms with Crippen LogP contribution in [0.1, 0.15) is 2.85 Å². The summed E-state index contributed by atoms with van der Waals surface area (Å²) in [7, 11) is 1.52. The van der Waals surface area contributed by atoms with Crippen LogP contribution in [0.15, 0.2) is 16.9 Å². The third-order valence-corrected chi connectivity index (χ3v) is 0.906. The molecule has 1 rings (SSSR count). The molecule has 5 nitrogen and oxygen atoms in total. The first-order chi connectivity index (χ1) is 4.83. The van der Waals surface area contributed by atoms with Crippen molar-refractivity contribution in [3.05, 3.63) is 12.3 Å². The molecule has 0 aliphatic rings. The van der Waals surface area contributed by atoms with Gasteiger partial charge in [0.1, 0.15) is 6.26 Å². The zero-order valence-electron chi connectivity index (χ0n) is 5.42. The lowest BCUT2D eigenvalue weighted by atomic mass is 10.6. The molecule has 0 spiro atoms. The topological polar surface area (TPSA) is 67.2 Å². The summed E-state index contributed by atoms with van der Waals surface area (Å²) in [4.78, 5) is 10.6. The van der Waals surface area contributed by atoms with Gasteiger partial charge in [0, 0.05) is 16.0 Å². The van der Waals surface area contributed by atoms with Gasteiger partial charge in [0.15, 0.2) is 5.82 Å². The van der Waals surface area contributed by atoms with Crippen LogP contribution in [0.2, 0.25) is 0 Å². The maximum Gasteiger partial charge on any atom is 0.320 e. The van der Waals surface area contributed by atoms with Crippen molar-refractivity contribution in [1.82, 2.24) is 10.5 Å². The Kier molecular flexibility index (Phi) is 1.89. The Bertz CT molecular complexity index is 214. The SMILES string of the molecule is CNC(=O)Nc1ccon1.[HH].[HH]. The Morgan fingerprint density at radius 1 is 1.90 bits per heavy atom. The molecular formula is C5H11N3O2. The van der Waals surface area contributed by atoms with Crippen LogP contribution in [0.4, 0.5) is 10.6 Å². The third-order valence-electron chi connectivity index (χ3n) is 0.906. The van der Waals surface area contributed by atoms with E-state index in [-0.39, 0.29) is 8.88 Å². The van der Waals surface area contributed by atoms with Crippen LogP contribution in [0, 0.1) is 0 Å². The van der Waals surface area contributed by atoms with Crippen LogP contribution in [0.3, 0.4) is 0 Å². The molecule has 5 heteroatoms. The molecule has 1 aromatic rings. The monoisotopic (exact) mass is 145 g/mol. The number of hydrogen-bond donors (Lipinski definition) is 2. The van der Waals surface area contributed by atoms with E-state index < -0.39 is 0 Å². The van der Waals surface area contributed by atoms with Gasteiger partial charge in [0.25, 0.3) is 0 Å². The number of rotatable bonds is 1. The Morgan fingerprint density at radius 3 is 3.20 bits per heavy atom. The largest absolute Gasteiger partial charge is 0.363 e. The maximum absolute atomic E-state index is 10.6. The minimum absolute atomic E-state index is 0. The van der Waals surface area contributed by atoms with Crippen LogP contribution < -0.4 is 10.6 Å². The molecule has 0 saturated heterocycles. The quantitative estimate of drug-likeness (QED) is 0.617. The zero-order chi connectivity index (χ0) is 7.40. The van der Waals surface area contributed by atoms with E-state index in [4.69, 9.17) is 0 Å². The van der Waals surface area contributed by atoms with E-state index in [2.05, 4.69) is 20.3 Å². The fourth-order valence-corrected chi connectivity index (χ4v) is 0.456. The molecule has 0 atom stereocenters. The molecule has 0 aromatic carbocycles. The number of carbonyl (C=O) groups excluding carboxylic acids is 1. The molecule has 10 heavy (non-hydrogen) atoms. The predicted octanol–water partition coefficient (Wildman–Crippen LogP) is 0.918. The Morgan fingerprint density at radius 2 is 2.70 bits per heavy atom. The number of aromatic nitrogens is 1. The molecule has 0 unspecified atom stereocenters. The lowest BCUT2D eigenvalue weighted by molar-refractivity contribution is 0.253. The molecule has 1 aromatic heterocycles. The highest BCUT2D eigenvalue weighted by Crippen LogP contribution is 1.99. The molecule has 0 saturated carbocycles. The Balaban J connectivity index is 0. The first-order valence-corrected chi connectivity index (χ1v) is 2.72. The normalized spacial score (nSPS) is 8.90. The fourth-order valence-electron chi connectivity index (χ4n) is 0.456. The molecule has 2 N–H and O–H groups in total. The van der Waals surface area contributed by atoms with Gasteiger partial charge in [-0.15, -0.1) is 0 Å². The maximum atomic E-state index is 10.6. The van der Waals surface area contributed by atoms with E-state index >= 15 is 0 Å². The van der Waals surface area contributed by atoms with Crippen molar-refractivity contribution >= 4 is 11.8 Å². The molecule has 0 fully saturated rings. The predicted molar refractivity (Wildman–Crippen MR) is 38.8 cm³/mol. The lowest BCUT2D eigenvalue weighted by Gasteiger charge is -1.96. The van der Waals surface area contributed by atoms with E-state index in [0.29, 0.717) is 5.82 Å². The van der Waals surface area contributed by atoms with Gasteiger partial charge in [-0.25, -0.2) is 4.79 Å². The van der Waals surface area contributed by atoms with Crippen molar-refractivity contribution < 1.29 is 12.2 Å². The summed E-state index contributed by atoms with van der Waals surface area (Å²) in [5, 5.41) is 8.25. The Labute approximate surface area is 60.4 Å². The smallest absolute Gasteiger partial charge is 0.320 e.